The topological polar surface area (TPSA) is 105 Å². The summed E-state index contributed by atoms with van der Waals surface area (Å²) in [4.78, 5) is 36.4. The summed E-state index contributed by atoms with van der Waals surface area (Å²) in [5, 5.41) is 11.6. The molecular weight excluding hydrogens is 316 g/mol. The second-order valence-corrected chi connectivity index (χ2v) is 8.02. The first-order valence-corrected chi connectivity index (χ1v) is 7.97. The van der Waals surface area contributed by atoms with Gasteiger partial charge in [-0.05, 0) is 53.9 Å². The van der Waals surface area contributed by atoms with E-state index in [2.05, 4.69) is 5.32 Å². The standard InChI is InChI=1S/C16H28N2O6/c1-15(2,3)23-13(21)17-11(12(19)20)7-10-8-18(9-10)14(22)24-16(4,5)6/h10-11H,7-9H2,1-6H3,(H,17,21)(H,19,20). The van der Waals surface area contributed by atoms with Crippen LogP contribution in [-0.2, 0) is 14.3 Å². The first-order valence-electron chi connectivity index (χ1n) is 7.97. The third kappa shape index (κ3) is 7.06. The molecule has 0 aromatic rings. The molecule has 1 fully saturated rings. The van der Waals surface area contributed by atoms with Gasteiger partial charge in [0.2, 0.25) is 0 Å². The lowest BCUT2D eigenvalue weighted by Crippen LogP contribution is -2.54. The van der Waals surface area contributed by atoms with Gasteiger partial charge in [0.05, 0.1) is 0 Å². The Morgan fingerprint density at radius 3 is 2.00 bits per heavy atom. The molecule has 1 unspecified atom stereocenters. The van der Waals surface area contributed by atoms with Gasteiger partial charge in [0, 0.05) is 13.1 Å². The van der Waals surface area contributed by atoms with Crippen LogP contribution in [0.2, 0.25) is 0 Å². The van der Waals surface area contributed by atoms with E-state index >= 15 is 0 Å². The van der Waals surface area contributed by atoms with Crippen LogP contribution in [0.15, 0.2) is 0 Å². The first kappa shape index (κ1) is 20.1. The summed E-state index contributed by atoms with van der Waals surface area (Å²) in [5.74, 6) is -1.13. The van der Waals surface area contributed by atoms with Crippen LogP contribution >= 0.6 is 0 Å². The normalized spacial score (nSPS) is 16.8. The Labute approximate surface area is 142 Å². The molecule has 8 nitrogen and oxygen atoms in total. The van der Waals surface area contributed by atoms with Crippen molar-refractivity contribution >= 4 is 18.2 Å². The molecular formula is C16H28N2O6. The van der Waals surface area contributed by atoms with Crippen molar-refractivity contribution in [3.8, 4) is 0 Å². The molecule has 8 heteroatoms. The molecule has 1 aliphatic rings. The number of ether oxygens (including phenoxy) is 2. The molecule has 1 heterocycles. The van der Waals surface area contributed by atoms with Gasteiger partial charge in [-0.15, -0.1) is 0 Å². The van der Waals surface area contributed by atoms with E-state index in [1.165, 1.54) is 4.90 Å². The van der Waals surface area contributed by atoms with E-state index in [4.69, 9.17) is 9.47 Å². The quantitative estimate of drug-likeness (QED) is 0.810. The van der Waals surface area contributed by atoms with Gasteiger partial charge >= 0.3 is 18.2 Å². The number of hydrogen-bond acceptors (Lipinski definition) is 5. The fourth-order valence-electron chi connectivity index (χ4n) is 2.20. The number of aliphatic carboxylic acids is 1. The molecule has 1 saturated heterocycles. The van der Waals surface area contributed by atoms with E-state index in [-0.39, 0.29) is 12.3 Å². The summed E-state index contributed by atoms with van der Waals surface area (Å²) < 4.78 is 10.3. The number of nitrogens with zero attached hydrogens (tertiary/aromatic N) is 1. The summed E-state index contributed by atoms with van der Waals surface area (Å²) in [6.07, 6.45) is -0.947. The Morgan fingerprint density at radius 1 is 1.08 bits per heavy atom. The highest BCUT2D eigenvalue weighted by atomic mass is 16.6. The van der Waals surface area contributed by atoms with E-state index in [1.807, 2.05) is 0 Å². The smallest absolute Gasteiger partial charge is 0.410 e. The van der Waals surface area contributed by atoms with Crippen molar-refractivity contribution in [2.75, 3.05) is 13.1 Å². The minimum absolute atomic E-state index is 0.00597. The zero-order chi connectivity index (χ0) is 18.7. The molecule has 0 bridgehead atoms. The Hall–Kier alpha value is -1.99. The molecule has 138 valence electrons. The fraction of sp³-hybridized carbons (Fsp3) is 0.812. The predicted molar refractivity (Wildman–Crippen MR) is 86.7 cm³/mol. The highest BCUT2D eigenvalue weighted by Crippen LogP contribution is 2.23. The minimum Gasteiger partial charge on any atom is -0.480 e. The third-order valence-corrected chi connectivity index (χ3v) is 3.17. The van der Waals surface area contributed by atoms with Crippen LogP contribution in [0.25, 0.3) is 0 Å². The van der Waals surface area contributed by atoms with Gasteiger partial charge in [-0.1, -0.05) is 0 Å². The van der Waals surface area contributed by atoms with Crippen LogP contribution in [0.3, 0.4) is 0 Å². The molecule has 2 amide bonds. The minimum atomic E-state index is -1.13. The summed E-state index contributed by atoms with van der Waals surface area (Å²) in [6, 6.07) is -1.05. The van der Waals surface area contributed by atoms with Crippen molar-refractivity contribution in [3.05, 3.63) is 0 Å². The van der Waals surface area contributed by atoms with Crippen LogP contribution in [-0.4, -0.2) is 58.5 Å². The third-order valence-electron chi connectivity index (χ3n) is 3.17. The Balaban J connectivity index is 2.45. The van der Waals surface area contributed by atoms with Crippen molar-refractivity contribution in [2.45, 2.75) is 65.2 Å². The van der Waals surface area contributed by atoms with Crippen molar-refractivity contribution in [2.24, 2.45) is 5.92 Å². The molecule has 1 aliphatic heterocycles. The van der Waals surface area contributed by atoms with E-state index in [9.17, 15) is 19.5 Å². The van der Waals surface area contributed by atoms with Gasteiger partial charge in [0.1, 0.15) is 17.2 Å². The van der Waals surface area contributed by atoms with Crippen molar-refractivity contribution < 1.29 is 29.0 Å². The van der Waals surface area contributed by atoms with Crippen LogP contribution in [0.4, 0.5) is 9.59 Å². The summed E-state index contributed by atoms with van der Waals surface area (Å²) >= 11 is 0. The number of carboxylic acid groups (broad SMARTS) is 1. The molecule has 2 N–H and O–H groups in total. The van der Waals surface area contributed by atoms with Crippen LogP contribution in [0.1, 0.15) is 48.0 Å². The van der Waals surface area contributed by atoms with E-state index in [0.29, 0.717) is 13.1 Å². The number of alkyl carbamates (subject to hydrolysis) is 1. The lowest BCUT2D eigenvalue weighted by Gasteiger charge is -2.40. The van der Waals surface area contributed by atoms with E-state index in [0.717, 1.165) is 0 Å². The second-order valence-electron chi connectivity index (χ2n) is 8.02. The number of carbonyl (C=O) groups is 3. The largest absolute Gasteiger partial charge is 0.480 e. The maximum Gasteiger partial charge on any atom is 0.410 e. The highest BCUT2D eigenvalue weighted by molar-refractivity contribution is 5.80. The SMILES string of the molecule is CC(C)(C)OC(=O)NC(CC1CN(C(=O)OC(C)(C)C)C1)C(=O)O. The van der Waals surface area contributed by atoms with Gasteiger partial charge in [-0.3, -0.25) is 0 Å². The average molecular weight is 344 g/mol. The van der Waals surface area contributed by atoms with Gasteiger partial charge in [-0.25, -0.2) is 14.4 Å². The lowest BCUT2D eigenvalue weighted by atomic mass is 9.92. The molecule has 1 rings (SSSR count). The number of likely N-dealkylation sites (tertiary alicyclic amines) is 1. The molecule has 0 aliphatic carbocycles. The number of carbonyl (C=O) groups excluding carboxylic acids is 2. The van der Waals surface area contributed by atoms with Crippen LogP contribution in [0, 0.1) is 5.92 Å². The Kier molecular flexibility index (Phi) is 6.08. The van der Waals surface area contributed by atoms with Crippen LogP contribution < -0.4 is 5.32 Å². The van der Waals surface area contributed by atoms with Crippen molar-refractivity contribution in [1.29, 1.82) is 0 Å². The van der Waals surface area contributed by atoms with Crippen molar-refractivity contribution in [1.82, 2.24) is 10.2 Å². The average Bonchev–Trinajstić information content (AvgIpc) is 2.25. The summed E-state index contributed by atoms with van der Waals surface area (Å²) in [6.45, 7) is 11.3. The zero-order valence-corrected chi connectivity index (χ0v) is 15.2. The Morgan fingerprint density at radius 2 is 1.58 bits per heavy atom. The number of rotatable bonds is 4. The summed E-state index contributed by atoms with van der Waals surface area (Å²) in [5.41, 5.74) is -1.26. The summed E-state index contributed by atoms with van der Waals surface area (Å²) in [7, 11) is 0. The second kappa shape index (κ2) is 7.27. The van der Waals surface area contributed by atoms with Gasteiger partial charge in [-0.2, -0.15) is 0 Å². The maximum absolute atomic E-state index is 11.8. The monoisotopic (exact) mass is 344 g/mol. The fourth-order valence-corrected chi connectivity index (χ4v) is 2.20. The van der Waals surface area contributed by atoms with E-state index < -0.39 is 35.4 Å². The highest BCUT2D eigenvalue weighted by Gasteiger charge is 2.37. The number of nitrogens with one attached hydrogen (secondary N) is 1. The number of hydrogen-bond donors (Lipinski definition) is 2. The maximum atomic E-state index is 11.8. The number of amides is 2. The molecule has 0 spiro atoms. The predicted octanol–water partition coefficient (Wildman–Crippen LogP) is 2.22. The zero-order valence-electron chi connectivity index (χ0n) is 15.2. The molecule has 0 aromatic carbocycles. The lowest BCUT2D eigenvalue weighted by molar-refractivity contribution is -0.140. The van der Waals surface area contributed by atoms with E-state index in [1.54, 1.807) is 41.5 Å². The molecule has 0 saturated carbocycles. The molecule has 1 atom stereocenters. The van der Waals surface area contributed by atoms with Crippen molar-refractivity contribution in [3.63, 3.8) is 0 Å². The van der Waals surface area contributed by atoms with Gasteiger partial charge in [0.25, 0.3) is 0 Å². The first-order chi connectivity index (χ1) is 10.8. The van der Waals surface area contributed by atoms with Gasteiger partial charge < -0.3 is 24.8 Å². The van der Waals surface area contributed by atoms with Crippen LogP contribution in [0.5, 0.6) is 0 Å². The molecule has 0 aromatic heterocycles. The number of carboxylic acids is 1. The van der Waals surface area contributed by atoms with Gasteiger partial charge in [0.15, 0.2) is 0 Å². The Bertz CT molecular complexity index is 486. The molecule has 24 heavy (non-hydrogen) atoms. The molecule has 0 radical (unpaired) electrons.